The van der Waals surface area contributed by atoms with E-state index >= 15 is 0 Å². The number of carbonyl (C=O) groups is 1. The lowest BCUT2D eigenvalue weighted by Crippen LogP contribution is -2.20. The molecule has 0 fully saturated rings. The quantitative estimate of drug-likeness (QED) is 0.870. The predicted octanol–water partition coefficient (Wildman–Crippen LogP) is 2.78. The molecule has 1 aromatic heterocycles. The maximum atomic E-state index is 12.0. The number of nitrogens with zero attached hydrogens (tertiary/aromatic N) is 1. The first-order chi connectivity index (χ1) is 9.04. The van der Waals surface area contributed by atoms with Gasteiger partial charge in [0.15, 0.2) is 0 Å². The third-order valence-corrected chi connectivity index (χ3v) is 3.38. The lowest BCUT2D eigenvalue weighted by atomic mass is 10.1. The highest BCUT2D eigenvalue weighted by Gasteiger charge is 2.14. The number of rotatable bonds is 5. The highest BCUT2D eigenvalue weighted by molar-refractivity contribution is 5.92. The van der Waals surface area contributed by atoms with E-state index in [0.29, 0.717) is 5.52 Å². The van der Waals surface area contributed by atoms with E-state index in [2.05, 4.69) is 11.9 Å². The van der Waals surface area contributed by atoms with Crippen LogP contribution >= 0.6 is 0 Å². The molecule has 0 aliphatic heterocycles. The number of benzene rings is 1. The van der Waals surface area contributed by atoms with Crippen LogP contribution in [0.1, 0.15) is 49.5 Å². The molecule has 0 aliphatic carbocycles. The molecule has 19 heavy (non-hydrogen) atoms. The number of hydrogen-bond donors (Lipinski definition) is 2. The summed E-state index contributed by atoms with van der Waals surface area (Å²) in [5, 5.41) is 8.95. The minimum absolute atomic E-state index is 0.108. The van der Waals surface area contributed by atoms with Gasteiger partial charge in [-0.05, 0) is 31.5 Å². The Kier molecular flexibility index (Phi) is 3.74. The number of hydrogen-bond acceptors (Lipinski definition) is 2. The van der Waals surface area contributed by atoms with E-state index < -0.39 is 5.97 Å². The van der Waals surface area contributed by atoms with Gasteiger partial charge in [0.1, 0.15) is 0 Å². The smallest absolute Gasteiger partial charge is 0.335 e. The summed E-state index contributed by atoms with van der Waals surface area (Å²) in [7, 11) is 0. The fourth-order valence-corrected chi connectivity index (χ4v) is 2.33. The van der Waals surface area contributed by atoms with Gasteiger partial charge in [-0.3, -0.25) is 4.57 Å². The normalized spacial score (nSPS) is 12.7. The van der Waals surface area contributed by atoms with Crippen molar-refractivity contribution in [3.8, 4) is 0 Å². The molecule has 0 amide bonds. The van der Waals surface area contributed by atoms with Crippen LogP contribution < -0.4 is 5.69 Å². The Hall–Kier alpha value is -2.04. The summed E-state index contributed by atoms with van der Waals surface area (Å²) in [6, 6.07) is 4.83. The van der Waals surface area contributed by atoms with E-state index in [9.17, 15) is 9.59 Å². The van der Waals surface area contributed by atoms with Crippen LogP contribution in [0.4, 0.5) is 0 Å². The number of H-pyrrole nitrogens is 1. The predicted molar refractivity (Wildman–Crippen MR) is 73.8 cm³/mol. The SMILES string of the molecule is CCCCC(C)n1c(=O)[nH]c2cc(C(=O)O)ccc21. The summed E-state index contributed by atoms with van der Waals surface area (Å²) in [5.74, 6) is -0.991. The van der Waals surface area contributed by atoms with Crippen molar-refractivity contribution >= 4 is 17.0 Å². The third kappa shape index (κ3) is 2.54. The number of carboxylic acids is 1. The van der Waals surface area contributed by atoms with Gasteiger partial charge < -0.3 is 10.1 Å². The Bertz CT molecular complexity index is 654. The van der Waals surface area contributed by atoms with Gasteiger partial charge in [0.2, 0.25) is 0 Å². The highest BCUT2D eigenvalue weighted by atomic mass is 16.4. The van der Waals surface area contributed by atoms with E-state index in [1.165, 1.54) is 12.1 Å². The Balaban J connectivity index is 2.48. The molecule has 1 aromatic carbocycles. The summed E-state index contributed by atoms with van der Waals surface area (Å²) in [4.78, 5) is 25.6. The highest BCUT2D eigenvalue weighted by Crippen LogP contribution is 2.20. The largest absolute Gasteiger partial charge is 0.478 e. The first-order valence-corrected chi connectivity index (χ1v) is 6.52. The van der Waals surface area contributed by atoms with Gasteiger partial charge in [-0.15, -0.1) is 0 Å². The molecule has 2 rings (SSSR count). The van der Waals surface area contributed by atoms with Crippen molar-refractivity contribution < 1.29 is 9.90 Å². The lowest BCUT2D eigenvalue weighted by molar-refractivity contribution is 0.0697. The van der Waals surface area contributed by atoms with Crippen LogP contribution in [0.5, 0.6) is 0 Å². The molecular weight excluding hydrogens is 244 g/mol. The van der Waals surface area contributed by atoms with E-state index in [1.807, 2.05) is 6.92 Å². The van der Waals surface area contributed by atoms with E-state index in [1.54, 1.807) is 10.6 Å². The van der Waals surface area contributed by atoms with Crippen LogP contribution in [0.15, 0.2) is 23.0 Å². The van der Waals surface area contributed by atoms with Crippen LogP contribution in [0.3, 0.4) is 0 Å². The molecule has 0 saturated carbocycles. The fourth-order valence-electron chi connectivity index (χ4n) is 2.33. The second-order valence-electron chi connectivity index (χ2n) is 4.83. The van der Waals surface area contributed by atoms with Crippen molar-refractivity contribution in [3.63, 3.8) is 0 Å². The van der Waals surface area contributed by atoms with Gasteiger partial charge in [-0.2, -0.15) is 0 Å². The standard InChI is InChI=1S/C14H18N2O3/c1-3-4-5-9(2)16-12-7-6-10(13(17)18)8-11(12)15-14(16)19/h6-9H,3-5H2,1-2H3,(H,15,19)(H,17,18). The minimum Gasteiger partial charge on any atom is -0.478 e. The lowest BCUT2D eigenvalue weighted by Gasteiger charge is -2.12. The number of aromatic carboxylic acids is 1. The van der Waals surface area contributed by atoms with Gasteiger partial charge in [0, 0.05) is 6.04 Å². The zero-order chi connectivity index (χ0) is 14.0. The van der Waals surface area contributed by atoms with Crippen molar-refractivity contribution in [2.45, 2.75) is 39.2 Å². The van der Waals surface area contributed by atoms with E-state index in [-0.39, 0.29) is 17.3 Å². The second-order valence-corrected chi connectivity index (χ2v) is 4.83. The molecule has 5 heteroatoms. The fraction of sp³-hybridized carbons (Fsp3) is 0.429. The van der Waals surface area contributed by atoms with Crippen LogP contribution in [-0.4, -0.2) is 20.6 Å². The number of imidazole rings is 1. The van der Waals surface area contributed by atoms with E-state index in [4.69, 9.17) is 5.11 Å². The number of nitrogens with one attached hydrogen (secondary N) is 1. The van der Waals surface area contributed by atoms with Gasteiger partial charge in [-0.25, -0.2) is 9.59 Å². The summed E-state index contributed by atoms with van der Waals surface area (Å²) >= 11 is 0. The first-order valence-electron chi connectivity index (χ1n) is 6.52. The van der Waals surface area contributed by atoms with Crippen molar-refractivity contribution in [1.82, 2.24) is 9.55 Å². The molecule has 2 N–H and O–H groups in total. The van der Waals surface area contributed by atoms with Crippen molar-refractivity contribution in [1.29, 1.82) is 0 Å². The Morgan fingerprint density at radius 1 is 1.47 bits per heavy atom. The number of unbranched alkanes of at least 4 members (excludes halogenated alkanes) is 1. The molecule has 0 bridgehead atoms. The average Bonchev–Trinajstić information content (AvgIpc) is 2.70. The molecule has 0 saturated heterocycles. The summed E-state index contributed by atoms with van der Waals surface area (Å²) < 4.78 is 1.70. The van der Waals surface area contributed by atoms with Gasteiger partial charge in [0.25, 0.3) is 0 Å². The van der Waals surface area contributed by atoms with E-state index in [0.717, 1.165) is 24.8 Å². The second kappa shape index (κ2) is 5.30. The molecule has 1 atom stereocenters. The Morgan fingerprint density at radius 3 is 2.84 bits per heavy atom. The summed E-state index contributed by atoms with van der Waals surface area (Å²) in [6.45, 7) is 4.12. The monoisotopic (exact) mass is 262 g/mol. The Labute approximate surface area is 110 Å². The topological polar surface area (TPSA) is 75.1 Å². The molecule has 1 unspecified atom stereocenters. The van der Waals surface area contributed by atoms with Gasteiger partial charge in [0.05, 0.1) is 16.6 Å². The summed E-state index contributed by atoms with van der Waals surface area (Å²) in [6.07, 6.45) is 3.09. The average molecular weight is 262 g/mol. The first kappa shape index (κ1) is 13.4. The van der Waals surface area contributed by atoms with Crippen LogP contribution in [-0.2, 0) is 0 Å². The van der Waals surface area contributed by atoms with Crippen molar-refractivity contribution in [2.75, 3.05) is 0 Å². The van der Waals surface area contributed by atoms with Gasteiger partial charge in [-0.1, -0.05) is 19.8 Å². The molecule has 5 nitrogen and oxygen atoms in total. The third-order valence-electron chi connectivity index (χ3n) is 3.38. The number of fused-ring (bicyclic) bond motifs is 1. The number of carboxylic acid groups (broad SMARTS) is 1. The molecule has 0 aliphatic rings. The zero-order valence-corrected chi connectivity index (χ0v) is 11.1. The molecule has 0 radical (unpaired) electrons. The number of aromatic nitrogens is 2. The van der Waals surface area contributed by atoms with Crippen LogP contribution in [0.25, 0.3) is 11.0 Å². The maximum absolute atomic E-state index is 12.0. The van der Waals surface area contributed by atoms with Crippen molar-refractivity contribution in [3.05, 3.63) is 34.2 Å². The molecule has 2 aromatic rings. The number of aromatic amines is 1. The summed E-state index contributed by atoms with van der Waals surface area (Å²) in [5.41, 5.74) is 1.34. The molecule has 1 heterocycles. The minimum atomic E-state index is -0.991. The molecule has 0 spiro atoms. The van der Waals surface area contributed by atoms with Crippen LogP contribution in [0, 0.1) is 0 Å². The molecular formula is C14H18N2O3. The van der Waals surface area contributed by atoms with Crippen LogP contribution in [0.2, 0.25) is 0 Å². The molecule has 102 valence electrons. The maximum Gasteiger partial charge on any atom is 0.335 e. The van der Waals surface area contributed by atoms with Crippen molar-refractivity contribution in [2.24, 2.45) is 0 Å². The Morgan fingerprint density at radius 2 is 2.21 bits per heavy atom. The zero-order valence-electron chi connectivity index (χ0n) is 11.1. The van der Waals surface area contributed by atoms with Gasteiger partial charge >= 0.3 is 11.7 Å².